The maximum atomic E-state index is 3.70. The highest BCUT2D eigenvalue weighted by atomic mass is 14.9. The molecular weight excluding hydrogens is 242 g/mol. The molecule has 0 bridgehead atoms. The molecule has 0 spiro atoms. The highest BCUT2D eigenvalue weighted by Crippen LogP contribution is 2.28. The summed E-state index contributed by atoms with van der Waals surface area (Å²) in [6.45, 7) is 5.55. The lowest BCUT2D eigenvalue weighted by Crippen LogP contribution is -2.31. The first-order chi connectivity index (χ1) is 9.79. The van der Waals surface area contributed by atoms with E-state index < -0.39 is 0 Å². The first kappa shape index (κ1) is 15.6. The van der Waals surface area contributed by atoms with E-state index in [9.17, 15) is 0 Å². The first-order valence-electron chi connectivity index (χ1n) is 8.57. The van der Waals surface area contributed by atoms with Crippen molar-refractivity contribution < 1.29 is 0 Å². The topological polar surface area (TPSA) is 12.0 Å². The molecule has 0 heterocycles. The number of benzene rings is 1. The highest BCUT2D eigenvalue weighted by Gasteiger charge is 2.16. The van der Waals surface area contributed by atoms with Crippen LogP contribution >= 0.6 is 0 Å². The second kappa shape index (κ2) is 8.46. The van der Waals surface area contributed by atoms with Crippen molar-refractivity contribution in [1.29, 1.82) is 0 Å². The fraction of sp³-hybridized carbons (Fsp3) is 0.684. The molecule has 0 aliphatic heterocycles. The number of hydrogen-bond donors (Lipinski definition) is 1. The Morgan fingerprint density at radius 1 is 1.15 bits per heavy atom. The van der Waals surface area contributed by atoms with Gasteiger partial charge in [0, 0.05) is 6.04 Å². The molecule has 1 aliphatic rings. The fourth-order valence-corrected chi connectivity index (χ4v) is 3.58. The van der Waals surface area contributed by atoms with Crippen molar-refractivity contribution in [3.05, 3.63) is 35.4 Å². The predicted molar refractivity (Wildman–Crippen MR) is 88.2 cm³/mol. The molecule has 1 N–H and O–H groups in total. The van der Waals surface area contributed by atoms with Crippen LogP contribution in [0, 0.1) is 12.8 Å². The van der Waals surface area contributed by atoms with Crippen LogP contribution in [0.5, 0.6) is 0 Å². The molecule has 1 saturated carbocycles. The predicted octanol–water partition coefficient (Wildman–Crippen LogP) is 4.88. The van der Waals surface area contributed by atoms with E-state index in [0.29, 0.717) is 6.04 Å². The van der Waals surface area contributed by atoms with Crippen LogP contribution in [0.1, 0.15) is 63.0 Å². The molecule has 1 heteroatoms. The molecule has 1 unspecified atom stereocenters. The summed E-state index contributed by atoms with van der Waals surface area (Å²) in [4.78, 5) is 0. The summed E-state index contributed by atoms with van der Waals surface area (Å²) < 4.78 is 0. The normalized spacial score (nSPS) is 18.1. The van der Waals surface area contributed by atoms with Gasteiger partial charge in [0.15, 0.2) is 0 Å². The number of nitrogens with one attached hydrogen (secondary N) is 1. The van der Waals surface area contributed by atoms with Gasteiger partial charge in [0.1, 0.15) is 0 Å². The van der Waals surface area contributed by atoms with Crippen molar-refractivity contribution in [2.45, 2.75) is 71.3 Å². The van der Waals surface area contributed by atoms with Gasteiger partial charge < -0.3 is 5.32 Å². The fourth-order valence-electron chi connectivity index (χ4n) is 3.58. The summed E-state index contributed by atoms with van der Waals surface area (Å²) in [6.07, 6.45) is 11.3. The van der Waals surface area contributed by atoms with Crippen molar-refractivity contribution in [1.82, 2.24) is 5.32 Å². The van der Waals surface area contributed by atoms with Crippen LogP contribution < -0.4 is 5.32 Å². The summed E-state index contributed by atoms with van der Waals surface area (Å²) in [5, 5.41) is 3.70. The SMILES string of the molecule is CCNC(CCC1CCCCC1)Cc1ccccc1C. The quantitative estimate of drug-likeness (QED) is 0.747. The third-order valence-electron chi connectivity index (χ3n) is 4.87. The van der Waals surface area contributed by atoms with Crippen molar-refractivity contribution in [2.24, 2.45) is 5.92 Å². The highest BCUT2D eigenvalue weighted by molar-refractivity contribution is 5.26. The van der Waals surface area contributed by atoms with Gasteiger partial charge in [-0.15, -0.1) is 0 Å². The summed E-state index contributed by atoms with van der Waals surface area (Å²) >= 11 is 0. The zero-order valence-corrected chi connectivity index (χ0v) is 13.3. The van der Waals surface area contributed by atoms with Gasteiger partial charge >= 0.3 is 0 Å². The standard InChI is InChI=1S/C19H31N/c1-3-20-19(14-13-17-10-5-4-6-11-17)15-18-12-8-7-9-16(18)2/h7-9,12,17,19-20H,3-6,10-11,13-15H2,1-2H3. The average molecular weight is 273 g/mol. The first-order valence-corrected chi connectivity index (χ1v) is 8.57. The molecule has 0 aromatic heterocycles. The van der Waals surface area contributed by atoms with E-state index in [1.807, 2.05) is 0 Å². The molecule has 0 radical (unpaired) electrons. The van der Waals surface area contributed by atoms with Gasteiger partial charge in [-0.1, -0.05) is 63.3 Å². The molecule has 1 aromatic carbocycles. The number of rotatable bonds is 7. The van der Waals surface area contributed by atoms with Gasteiger partial charge in [0.25, 0.3) is 0 Å². The van der Waals surface area contributed by atoms with E-state index in [-0.39, 0.29) is 0 Å². The third kappa shape index (κ3) is 4.94. The minimum atomic E-state index is 0.656. The molecule has 1 fully saturated rings. The third-order valence-corrected chi connectivity index (χ3v) is 4.87. The Morgan fingerprint density at radius 3 is 2.60 bits per heavy atom. The molecule has 1 aromatic rings. The summed E-state index contributed by atoms with van der Waals surface area (Å²) in [5.41, 5.74) is 2.95. The summed E-state index contributed by atoms with van der Waals surface area (Å²) in [6, 6.07) is 9.50. The lowest BCUT2D eigenvalue weighted by atomic mass is 9.84. The van der Waals surface area contributed by atoms with E-state index in [0.717, 1.165) is 12.5 Å². The molecule has 1 aliphatic carbocycles. The minimum Gasteiger partial charge on any atom is -0.314 e. The molecule has 0 saturated heterocycles. The Kier molecular flexibility index (Phi) is 6.59. The molecular formula is C19H31N. The van der Waals surface area contributed by atoms with Crippen LogP contribution in [0.25, 0.3) is 0 Å². The van der Waals surface area contributed by atoms with Gasteiger partial charge in [0.2, 0.25) is 0 Å². The Morgan fingerprint density at radius 2 is 1.90 bits per heavy atom. The van der Waals surface area contributed by atoms with Gasteiger partial charge in [-0.2, -0.15) is 0 Å². The largest absolute Gasteiger partial charge is 0.314 e. The van der Waals surface area contributed by atoms with Gasteiger partial charge in [0.05, 0.1) is 0 Å². The zero-order valence-electron chi connectivity index (χ0n) is 13.3. The van der Waals surface area contributed by atoms with Crippen molar-refractivity contribution >= 4 is 0 Å². The Balaban J connectivity index is 1.84. The molecule has 1 nitrogen and oxygen atoms in total. The van der Waals surface area contributed by atoms with Crippen LogP contribution in [-0.2, 0) is 6.42 Å². The molecule has 0 amide bonds. The van der Waals surface area contributed by atoms with E-state index >= 15 is 0 Å². The van der Waals surface area contributed by atoms with Crippen LogP contribution in [0.2, 0.25) is 0 Å². The van der Waals surface area contributed by atoms with Crippen LogP contribution in [-0.4, -0.2) is 12.6 Å². The molecule has 2 rings (SSSR count). The molecule has 1 atom stereocenters. The number of aryl methyl sites for hydroxylation is 1. The maximum absolute atomic E-state index is 3.70. The van der Waals surface area contributed by atoms with E-state index in [4.69, 9.17) is 0 Å². The number of likely N-dealkylation sites (N-methyl/N-ethyl adjacent to an activating group) is 1. The average Bonchev–Trinajstić information content (AvgIpc) is 2.48. The smallest absolute Gasteiger partial charge is 0.0108 e. The van der Waals surface area contributed by atoms with E-state index in [2.05, 4.69) is 43.4 Å². The Labute approximate surface area is 125 Å². The van der Waals surface area contributed by atoms with Crippen LogP contribution in [0.3, 0.4) is 0 Å². The van der Waals surface area contributed by atoms with Crippen molar-refractivity contribution in [3.63, 3.8) is 0 Å². The summed E-state index contributed by atoms with van der Waals surface area (Å²) in [5.74, 6) is 1.00. The lowest BCUT2D eigenvalue weighted by molar-refractivity contribution is 0.313. The van der Waals surface area contributed by atoms with E-state index in [1.54, 1.807) is 0 Å². The molecule has 20 heavy (non-hydrogen) atoms. The Hall–Kier alpha value is -0.820. The second-order valence-electron chi connectivity index (χ2n) is 6.47. The van der Waals surface area contributed by atoms with Crippen LogP contribution in [0.15, 0.2) is 24.3 Å². The van der Waals surface area contributed by atoms with Gasteiger partial charge in [-0.3, -0.25) is 0 Å². The van der Waals surface area contributed by atoms with Crippen molar-refractivity contribution in [2.75, 3.05) is 6.54 Å². The second-order valence-corrected chi connectivity index (χ2v) is 6.47. The van der Waals surface area contributed by atoms with Gasteiger partial charge in [-0.25, -0.2) is 0 Å². The molecule has 112 valence electrons. The van der Waals surface area contributed by atoms with E-state index in [1.165, 1.54) is 62.5 Å². The summed E-state index contributed by atoms with van der Waals surface area (Å²) in [7, 11) is 0. The minimum absolute atomic E-state index is 0.656. The number of hydrogen-bond acceptors (Lipinski definition) is 1. The van der Waals surface area contributed by atoms with Crippen LogP contribution in [0.4, 0.5) is 0 Å². The monoisotopic (exact) mass is 273 g/mol. The zero-order chi connectivity index (χ0) is 14.2. The lowest BCUT2D eigenvalue weighted by Gasteiger charge is -2.25. The van der Waals surface area contributed by atoms with Gasteiger partial charge in [-0.05, 0) is 49.8 Å². The van der Waals surface area contributed by atoms with Crippen molar-refractivity contribution in [3.8, 4) is 0 Å². The Bertz CT molecular complexity index is 379. The maximum Gasteiger partial charge on any atom is 0.0108 e.